The zero-order chi connectivity index (χ0) is 23.2. The van der Waals surface area contributed by atoms with Crippen LogP contribution in [-0.4, -0.2) is 63.3 Å². The Labute approximate surface area is 201 Å². The summed E-state index contributed by atoms with van der Waals surface area (Å²) in [4.78, 5) is 17.3. The minimum absolute atomic E-state index is 0.0197. The van der Waals surface area contributed by atoms with Crippen LogP contribution in [0.5, 0.6) is 0 Å². The largest absolute Gasteiger partial charge is 0.338 e. The number of hydrogen-bond acceptors (Lipinski definition) is 4. The lowest BCUT2D eigenvalue weighted by Gasteiger charge is -2.39. The van der Waals surface area contributed by atoms with Gasteiger partial charge in [-0.05, 0) is 24.0 Å². The number of piperazine rings is 1. The number of aromatic nitrogens is 3. The van der Waals surface area contributed by atoms with Gasteiger partial charge in [0.1, 0.15) is 11.6 Å². The molecule has 5 rings (SSSR count). The lowest BCUT2D eigenvalue weighted by Crippen LogP contribution is -2.52. The zero-order valence-corrected chi connectivity index (χ0v) is 19.8. The van der Waals surface area contributed by atoms with Crippen LogP contribution in [0.4, 0.5) is 4.79 Å². The summed E-state index contributed by atoms with van der Waals surface area (Å²) < 4.78 is 2.26. The predicted octanol–water partition coefficient (Wildman–Crippen LogP) is 3.66. The minimum atomic E-state index is 0.0197. The highest BCUT2D eigenvalue weighted by atomic mass is 16.2. The van der Waals surface area contributed by atoms with Crippen molar-refractivity contribution in [2.45, 2.75) is 44.7 Å². The zero-order valence-electron chi connectivity index (χ0n) is 19.8. The van der Waals surface area contributed by atoms with Crippen molar-refractivity contribution in [3.05, 3.63) is 83.4 Å². The molecule has 0 atom stereocenters. The van der Waals surface area contributed by atoms with Gasteiger partial charge in [0.25, 0.3) is 0 Å². The molecule has 178 valence electrons. The van der Waals surface area contributed by atoms with E-state index in [0.29, 0.717) is 6.54 Å². The van der Waals surface area contributed by atoms with Crippen molar-refractivity contribution in [1.82, 2.24) is 29.9 Å². The monoisotopic (exact) mass is 458 g/mol. The van der Waals surface area contributed by atoms with Crippen LogP contribution in [0, 0.1) is 0 Å². The quantitative estimate of drug-likeness (QED) is 0.612. The van der Waals surface area contributed by atoms with Gasteiger partial charge in [-0.25, -0.2) is 4.79 Å². The average Bonchev–Trinajstić information content (AvgIpc) is 3.11. The van der Waals surface area contributed by atoms with Crippen LogP contribution in [0.1, 0.15) is 48.1 Å². The van der Waals surface area contributed by atoms with E-state index in [1.54, 1.807) is 0 Å². The van der Waals surface area contributed by atoms with Crippen molar-refractivity contribution in [1.29, 1.82) is 0 Å². The summed E-state index contributed by atoms with van der Waals surface area (Å²) in [7, 11) is 0. The highest BCUT2D eigenvalue weighted by Gasteiger charge is 2.28. The van der Waals surface area contributed by atoms with E-state index in [9.17, 15) is 4.79 Å². The fraction of sp³-hybridized carbons (Fsp3) is 0.444. The normalized spacial score (nSPS) is 16.8. The van der Waals surface area contributed by atoms with Gasteiger partial charge >= 0.3 is 6.03 Å². The molecule has 1 fully saturated rings. The first-order valence-electron chi connectivity index (χ1n) is 12.6. The van der Waals surface area contributed by atoms with Crippen LogP contribution < -0.4 is 5.32 Å². The number of nitrogens with zero attached hydrogens (tertiary/aromatic N) is 5. The van der Waals surface area contributed by atoms with Crippen LogP contribution in [0.15, 0.2) is 60.7 Å². The van der Waals surface area contributed by atoms with Crippen LogP contribution in [0.3, 0.4) is 0 Å². The van der Waals surface area contributed by atoms with E-state index < -0.39 is 0 Å². The molecular weight excluding hydrogens is 424 g/mol. The van der Waals surface area contributed by atoms with Crippen molar-refractivity contribution in [3.8, 4) is 0 Å². The number of rotatable bonds is 6. The van der Waals surface area contributed by atoms with Crippen molar-refractivity contribution < 1.29 is 4.79 Å². The average molecular weight is 459 g/mol. The molecule has 0 saturated carbocycles. The highest BCUT2D eigenvalue weighted by Crippen LogP contribution is 2.29. The van der Waals surface area contributed by atoms with Gasteiger partial charge in [-0.2, -0.15) is 0 Å². The fourth-order valence-corrected chi connectivity index (χ4v) is 5.19. The second-order valence-electron chi connectivity index (χ2n) is 9.22. The van der Waals surface area contributed by atoms with Gasteiger partial charge in [0, 0.05) is 52.1 Å². The smallest absolute Gasteiger partial charge is 0.317 e. The Balaban J connectivity index is 1.15. The Bertz CT molecular complexity index is 1020. The molecule has 3 aromatic rings. The Kier molecular flexibility index (Phi) is 7.19. The van der Waals surface area contributed by atoms with E-state index in [0.717, 1.165) is 57.2 Å². The molecule has 2 aliphatic rings. The van der Waals surface area contributed by atoms with Crippen LogP contribution in [-0.2, 0) is 19.4 Å². The molecule has 0 radical (unpaired) electrons. The second kappa shape index (κ2) is 10.8. The fourth-order valence-electron chi connectivity index (χ4n) is 5.19. The lowest BCUT2D eigenvalue weighted by molar-refractivity contribution is 0.120. The summed E-state index contributed by atoms with van der Waals surface area (Å²) in [5, 5.41) is 11.8. The van der Waals surface area contributed by atoms with Gasteiger partial charge in [-0.3, -0.25) is 4.90 Å². The number of aryl methyl sites for hydroxylation is 1. The first kappa shape index (κ1) is 22.6. The molecule has 0 aliphatic carbocycles. The van der Waals surface area contributed by atoms with E-state index in [4.69, 9.17) is 0 Å². The van der Waals surface area contributed by atoms with Gasteiger partial charge in [0.05, 0.1) is 6.04 Å². The maximum absolute atomic E-state index is 12.8. The van der Waals surface area contributed by atoms with E-state index >= 15 is 0 Å². The molecule has 0 spiro atoms. The minimum Gasteiger partial charge on any atom is -0.338 e. The van der Waals surface area contributed by atoms with Crippen molar-refractivity contribution in [2.75, 3.05) is 32.7 Å². The molecule has 7 heteroatoms. The van der Waals surface area contributed by atoms with Gasteiger partial charge < -0.3 is 14.8 Å². The first-order chi connectivity index (χ1) is 16.8. The Morgan fingerprint density at radius 2 is 1.50 bits per heavy atom. The van der Waals surface area contributed by atoms with Crippen molar-refractivity contribution in [3.63, 3.8) is 0 Å². The van der Waals surface area contributed by atoms with Crippen molar-refractivity contribution >= 4 is 6.03 Å². The number of nitrogens with one attached hydrogen (secondary N) is 1. The number of fused-ring (bicyclic) bond motifs is 1. The Hall–Kier alpha value is -3.19. The predicted molar refractivity (Wildman–Crippen MR) is 133 cm³/mol. The molecular formula is C27H34N6O. The molecule has 3 heterocycles. The molecule has 0 unspecified atom stereocenters. The Morgan fingerprint density at radius 3 is 2.18 bits per heavy atom. The molecule has 34 heavy (non-hydrogen) atoms. The summed E-state index contributed by atoms with van der Waals surface area (Å²) >= 11 is 0. The second-order valence-corrected chi connectivity index (χ2v) is 9.22. The van der Waals surface area contributed by atoms with Crippen LogP contribution in [0.25, 0.3) is 0 Å². The summed E-state index contributed by atoms with van der Waals surface area (Å²) in [5.74, 6) is 2.09. The number of hydrogen-bond donors (Lipinski definition) is 1. The molecule has 1 saturated heterocycles. The molecule has 2 aliphatic heterocycles. The number of amides is 2. The maximum Gasteiger partial charge on any atom is 0.317 e. The number of benzene rings is 2. The van der Waals surface area contributed by atoms with E-state index in [-0.39, 0.29) is 12.1 Å². The standard InChI is InChI=1S/C27H34N6O/c34-27(28-16-15-25-30-29-24-14-8-3-9-17-33(24)25)32-20-18-31(19-21-32)26(22-10-4-1-5-11-22)23-12-6-2-7-13-23/h1-2,4-7,10-13,26H,3,8-9,14-21H2,(H,28,34). The maximum atomic E-state index is 12.8. The van der Waals surface area contributed by atoms with Crippen molar-refractivity contribution in [2.24, 2.45) is 0 Å². The van der Waals surface area contributed by atoms with Crippen LogP contribution in [0.2, 0.25) is 0 Å². The SMILES string of the molecule is O=C(NCCc1nnc2n1CCCCC2)N1CCN(C(c2ccccc2)c2ccccc2)CC1. The molecule has 1 N–H and O–H groups in total. The molecule has 2 aromatic carbocycles. The number of carbonyl (C=O) groups excluding carboxylic acids is 1. The summed E-state index contributed by atoms with van der Waals surface area (Å²) in [6, 6.07) is 21.5. The highest BCUT2D eigenvalue weighted by molar-refractivity contribution is 5.74. The lowest BCUT2D eigenvalue weighted by atomic mass is 9.96. The van der Waals surface area contributed by atoms with Crippen LogP contribution >= 0.6 is 0 Å². The summed E-state index contributed by atoms with van der Waals surface area (Å²) in [5.41, 5.74) is 2.58. The molecule has 1 aromatic heterocycles. The summed E-state index contributed by atoms with van der Waals surface area (Å²) in [6.07, 6.45) is 5.36. The first-order valence-corrected chi connectivity index (χ1v) is 12.6. The van der Waals surface area contributed by atoms with E-state index in [1.807, 2.05) is 4.90 Å². The van der Waals surface area contributed by atoms with E-state index in [1.165, 1.54) is 30.4 Å². The third-order valence-electron chi connectivity index (χ3n) is 7.01. The number of carbonyl (C=O) groups is 1. The van der Waals surface area contributed by atoms with Gasteiger partial charge in [0.2, 0.25) is 0 Å². The topological polar surface area (TPSA) is 66.3 Å². The Morgan fingerprint density at radius 1 is 0.824 bits per heavy atom. The third kappa shape index (κ3) is 5.14. The summed E-state index contributed by atoms with van der Waals surface area (Å²) in [6.45, 7) is 4.73. The van der Waals surface area contributed by atoms with Gasteiger partial charge in [-0.1, -0.05) is 67.1 Å². The molecule has 2 amide bonds. The van der Waals surface area contributed by atoms with Gasteiger partial charge in [0.15, 0.2) is 0 Å². The number of urea groups is 1. The van der Waals surface area contributed by atoms with Gasteiger partial charge in [-0.15, -0.1) is 10.2 Å². The third-order valence-corrected chi connectivity index (χ3v) is 7.01. The molecule has 0 bridgehead atoms. The van der Waals surface area contributed by atoms with E-state index in [2.05, 4.69) is 85.6 Å². The molecule has 7 nitrogen and oxygen atoms in total.